The summed E-state index contributed by atoms with van der Waals surface area (Å²) in [5, 5.41) is 3.25. The number of hydrogen-bond donors (Lipinski definition) is 1. The van der Waals surface area contributed by atoms with Gasteiger partial charge in [-0.25, -0.2) is 0 Å². The Labute approximate surface area is 160 Å². The lowest BCUT2D eigenvalue weighted by atomic mass is 10.3. The zero-order chi connectivity index (χ0) is 18.2. The van der Waals surface area contributed by atoms with Gasteiger partial charge in [0.2, 0.25) is 0 Å². The highest BCUT2D eigenvalue weighted by atomic mass is 79.9. The van der Waals surface area contributed by atoms with Gasteiger partial charge < -0.3 is 19.5 Å². The summed E-state index contributed by atoms with van der Waals surface area (Å²) in [4.78, 5) is 11.9. The van der Waals surface area contributed by atoms with E-state index in [2.05, 4.69) is 21.2 Å². The average Bonchev–Trinajstić information content (AvgIpc) is 2.59. The van der Waals surface area contributed by atoms with Crippen molar-refractivity contribution in [2.24, 2.45) is 0 Å². The molecule has 0 fully saturated rings. The van der Waals surface area contributed by atoms with E-state index < -0.39 is 0 Å². The summed E-state index contributed by atoms with van der Waals surface area (Å²) in [5.41, 5.74) is 0. The first kappa shape index (κ1) is 19.4. The van der Waals surface area contributed by atoms with Gasteiger partial charge in [0.15, 0.2) is 6.61 Å². The first-order valence-electron chi connectivity index (χ1n) is 7.62. The summed E-state index contributed by atoms with van der Waals surface area (Å²) in [7, 11) is 1.61. The van der Waals surface area contributed by atoms with Crippen molar-refractivity contribution in [2.75, 3.05) is 20.3 Å². The number of benzene rings is 2. The lowest BCUT2D eigenvalue weighted by Crippen LogP contribution is -2.39. The Morgan fingerprint density at radius 3 is 2.48 bits per heavy atom. The number of amides is 1. The summed E-state index contributed by atoms with van der Waals surface area (Å²) in [6, 6.07) is 12.3. The second kappa shape index (κ2) is 9.53. The van der Waals surface area contributed by atoms with Crippen LogP contribution in [-0.2, 0) is 4.79 Å². The van der Waals surface area contributed by atoms with Gasteiger partial charge in [-0.05, 0) is 49.4 Å². The van der Waals surface area contributed by atoms with Gasteiger partial charge in [-0.1, -0.05) is 27.5 Å². The van der Waals surface area contributed by atoms with Crippen molar-refractivity contribution in [3.8, 4) is 17.2 Å². The second-order valence-corrected chi connectivity index (χ2v) is 6.64. The molecule has 1 N–H and O–H groups in total. The number of methoxy groups -OCH3 is 1. The summed E-state index contributed by atoms with van der Waals surface area (Å²) in [5.74, 6) is 1.68. The fourth-order valence-electron chi connectivity index (χ4n) is 1.99. The van der Waals surface area contributed by atoms with Crippen LogP contribution in [0.1, 0.15) is 6.92 Å². The van der Waals surface area contributed by atoms with Crippen molar-refractivity contribution in [3.05, 3.63) is 52.0 Å². The van der Waals surface area contributed by atoms with Crippen molar-refractivity contribution in [1.29, 1.82) is 0 Å². The minimum absolute atomic E-state index is 0.117. The number of nitrogens with one attached hydrogen (secondary N) is 1. The molecule has 2 rings (SSSR count). The van der Waals surface area contributed by atoms with E-state index in [-0.39, 0.29) is 18.6 Å². The van der Waals surface area contributed by atoms with E-state index >= 15 is 0 Å². The van der Waals surface area contributed by atoms with E-state index in [1.807, 2.05) is 31.2 Å². The molecular weight excluding hydrogens is 410 g/mol. The van der Waals surface area contributed by atoms with Crippen molar-refractivity contribution in [1.82, 2.24) is 5.32 Å². The molecule has 0 spiro atoms. The molecule has 0 aliphatic heterocycles. The smallest absolute Gasteiger partial charge is 0.258 e. The van der Waals surface area contributed by atoms with E-state index in [1.54, 1.807) is 25.3 Å². The van der Waals surface area contributed by atoms with Crippen molar-refractivity contribution in [2.45, 2.75) is 13.0 Å². The van der Waals surface area contributed by atoms with Crippen LogP contribution in [0.5, 0.6) is 17.2 Å². The number of carbonyl (C=O) groups excluding carboxylic acids is 1. The predicted molar refractivity (Wildman–Crippen MR) is 101 cm³/mol. The van der Waals surface area contributed by atoms with Gasteiger partial charge in [0, 0.05) is 4.47 Å². The molecule has 2 aromatic rings. The highest BCUT2D eigenvalue weighted by Crippen LogP contribution is 2.27. The summed E-state index contributed by atoms with van der Waals surface area (Å²) >= 11 is 9.36. The van der Waals surface area contributed by atoms with E-state index in [9.17, 15) is 4.79 Å². The molecule has 0 heterocycles. The van der Waals surface area contributed by atoms with Crippen LogP contribution in [0, 0.1) is 0 Å². The molecule has 134 valence electrons. The maximum atomic E-state index is 11.9. The van der Waals surface area contributed by atoms with Crippen molar-refractivity contribution < 1.29 is 19.0 Å². The Morgan fingerprint density at radius 2 is 1.84 bits per heavy atom. The average molecular weight is 429 g/mol. The van der Waals surface area contributed by atoms with Gasteiger partial charge in [0.25, 0.3) is 5.91 Å². The molecule has 0 saturated carbocycles. The third kappa shape index (κ3) is 6.48. The van der Waals surface area contributed by atoms with Crippen LogP contribution in [0.25, 0.3) is 0 Å². The monoisotopic (exact) mass is 427 g/mol. The fourth-order valence-corrected chi connectivity index (χ4v) is 2.71. The maximum absolute atomic E-state index is 11.9. The van der Waals surface area contributed by atoms with Crippen LogP contribution < -0.4 is 19.5 Å². The fraction of sp³-hybridized carbons (Fsp3) is 0.278. The molecule has 0 aromatic heterocycles. The Balaban J connectivity index is 1.73. The molecule has 1 amide bonds. The van der Waals surface area contributed by atoms with Crippen LogP contribution in [0.2, 0.25) is 5.02 Å². The molecule has 5 nitrogen and oxygen atoms in total. The Hall–Kier alpha value is -1.92. The highest BCUT2D eigenvalue weighted by molar-refractivity contribution is 9.10. The highest BCUT2D eigenvalue weighted by Gasteiger charge is 2.10. The van der Waals surface area contributed by atoms with Crippen LogP contribution >= 0.6 is 27.5 Å². The Morgan fingerprint density at radius 1 is 1.16 bits per heavy atom. The zero-order valence-electron chi connectivity index (χ0n) is 13.9. The minimum Gasteiger partial charge on any atom is -0.497 e. The molecule has 2 aromatic carbocycles. The topological polar surface area (TPSA) is 56.8 Å². The summed E-state index contributed by atoms with van der Waals surface area (Å²) in [6.45, 7) is 2.08. The first-order valence-corrected chi connectivity index (χ1v) is 8.79. The van der Waals surface area contributed by atoms with E-state index in [0.29, 0.717) is 23.1 Å². The molecular formula is C18H19BrClNO4. The Bertz CT molecular complexity index is 709. The zero-order valence-corrected chi connectivity index (χ0v) is 16.3. The number of rotatable bonds is 8. The Kier molecular flexibility index (Phi) is 7.40. The number of halogens is 2. The van der Waals surface area contributed by atoms with Gasteiger partial charge in [0.1, 0.15) is 23.9 Å². The quantitative estimate of drug-likeness (QED) is 0.688. The maximum Gasteiger partial charge on any atom is 0.258 e. The molecule has 0 unspecified atom stereocenters. The third-order valence-electron chi connectivity index (χ3n) is 3.22. The first-order chi connectivity index (χ1) is 12.0. The molecule has 0 saturated heterocycles. The van der Waals surface area contributed by atoms with Gasteiger partial charge in [0.05, 0.1) is 18.2 Å². The standard InChI is InChI=1S/C18H19BrClNO4/c1-12(10-24-15-6-4-14(23-2)5-7-15)21-18(22)11-25-17-8-3-13(19)9-16(17)20/h3-9,12H,10-11H2,1-2H3,(H,21,22)/t12-/m0/s1. The molecule has 0 aliphatic rings. The van der Waals surface area contributed by atoms with Crippen LogP contribution in [0.3, 0.4) is 0 Å². The lowest BCUT2D eigenvalue weighted by molar-refractivity contribution is -0.123. The van der Waals surface area contributed by atoms with Crippen molar-refractivity contribution in [3.63, 3.8) is 0 Å². The summed E-state index contributed by atoms with van der Waals surface area (Å²) < 4.78 is 17.0. The predicted octanol–water partition coefficient (Wildman–Crippen LogP) is 4.07. The number of carbonyl (C=O) groups is 1. The largest absolute Gasteiger partial charge is 0.497 e. The molecule has 1 atom stereocenters. The van der Waals surface area contributed by atoms with E-state index in [1.165, 1.54) is 0 Å². The SMILES string of the molecule is COc1ccc(OC[C@H](C)NC(=O)COc2ccc(Br)cc2Cl)cc1. The number of hydrogen-bond acceptors (Lipinski definition) is 4. The van der Waals surface area contributed by atoms with E-state index in [4.69, 9.17) is 25.8 Å². The van der Waals surface area contributed by atoms with Gasteiger partial charge in [-0.15, -0.1) is 0 Å². The summed E-state index contributed by atoms with van der Waals surface area (Å²) in [6.07, 6.45) is 0. The normalized spacial score (nSPS) is 11.5. The van der Waals surface area contributed by atoms with Gasteiger partial charge in [-0.3, -0.25) is 4.79 Å². The van der Waals surface area contributed by atoms with Crippen molar-refractivity contribution >= 4 is 33.4 Å². The molecule has 0 bridgehead atoms. The van der Waals surface area contributed by atoms with E-state index in [0.717, 1.165) is 10.2 Å². The van der Waals surface area contributed by atoms with Crippen LogP contribution in [0.4, 0.5) is 0 Å². The number of ether oxygens (including phenoxy) is 3. The molecule has 25 heavy (non-hydrogen) atoms. The van der Waals surface area contributed by atoms with Gasteiger partial charge in [-0.2, -0.15) is 0 Å². The molecule has 7 heteroatoms. The second-order valence-electron chi connectivity index (χ2n) is 5.32. The lowest BCUT2D eigenvalue weighted by Gasteiger charge is -2.16. The van der Waals surface area contributed by atoms with Crippen LogP contribution in [0.15, 0.2) is 46.9 Å². The van der Waals surface area contributed by atoms with Gasteiger partial charge >= 0.3 is 0 Å². The third-order valence-corrected chi connectivity index (χ3v) is 4.01. The van der Waals surface area contributed by atoms with Crippen LogP contribution in [-0.4, -0.2) is 32.3 Å². The minimum atomic E-state index is -0.246. The molecule has 0 radical (unpaired) electrons. The molecule has 0 aliphatic carbocycles.